The number of rotatable bonds is 5. The Morgan fingerprint density at radius 2 is 2.22 bits per heavy atom. The highest BCUT2D eigenvalue weighted by Crippen LogP contribution is 2.21. The van der Waals surface area contributed by atoms with E-state index in [0.717, 1.165) is 13.1 Å². The topological polar surface area (TPSA) is 29.9 Å². The Morgan fingerprint density at radius 3 is 2.78 bits per heavy atom. The molecule has 0 saturated carbocycles. The van der Waals surface area contributed by atoms with E-state index in [0.29, 0.717) is 6.04 Å². The van der Waals surface area contributed by atoms with Gasteiger partial charge in [-0.15, -0.1) is 11.3 Å². The van der Waals surface area contributed by atoms with Crippen LogP contribution in [-0.4, -0.2) is 9.78 Å². The molecule has 3 nitrogen and oxygen atoms in total. The van der Waals surface area contributed by atoms with Crippen molar-refractivity contribution in [1.29, 1.82) is 0 Å². The largest absolute Gasteiger partial charge is 0.305 e. The molecule has 0 aliphatic heterocycles. The lowest BCUT2D eigenvalue weighted by atomic mass is 10.2. The van der Waals surface area contributed by atoms with E-state index in [4.69, 9.17) is 0 Å². The first-order valence-corrected chi connectivity index (χ1v) is 7.23. The van der Waals surface area contributed by atoms with Crippen LogP contribution in [0, 0.1) is 13.8 Å². The predicted octanol–water partition coefficient (Wildman–Crippen LogP) is 3.43. The van der Waals surface area contributed by atoms with E-state index in [9.17, 15) is 0 Å². The van der Waals surface area contributed by atoms with Crippen molar-refractivity contribution >= 4 is 11.3 Å². The van der Waals surface area contributed by atoms with E-state index >= 15 is 0 Å². The van der Waals surface area contributed by atoms with Gasteiger partial charge in [-0.05, 0) is 39.3 Å². The first-order valence-electron chi connectivity index (χ1n) is 6.41. The second-order valence-corrected chi connectivity index (χ2v) is 6.02. The second-order valence-electron chi connectivity index (χ2n) is 4.68. The molecule has 18 heavy (non-hydrogen) atoms. The highest BCUT2D eigenvalue weighted by molar-refractivity contribution is 7.12. The molecule has 0 aliphatic rings. The second kappa shape index (κ2) is 5.67. The molecule has 2 aromatic heterocycles. The number of nitrogens with zero attached hydrogens (tertiary/aromatic N) is 2. The fourth-order valence-corrected chi connectivity index (χ4v) is 2.89. The van der Waals surface area contributed by atoms with Gasteiger partial charge >= 0.3 is 0 Å². The molecule has 98 valence electrons. The molecule has 4 heteroatoms. The standard InChI is InChI=1S/C14H21N3S/c1-5-17-9-13(7-16-17)11(3)15-8-14-6-10(2)12(4)18-14/h6-7,9,11,15H,5,8H2,1-4H3. The Morgan fingerprint density at radius 1 is 1.44 bits per heavy atom. The highest BCUT2D eigenvalue weighted by Gasteiger charge is 2.08. The third kappa shape index (κ3) is 3.00. The minimum atomic E-state index is 0.341. The van der Waals surface area contributed by atoms with Gasteiger partial charge in [0.05, 0.1) is 6.20 Å². The van der Waals surface area contributed by atoms with Crippen LogP contribution in [0.15, 0.2) is 18.5 Å². The summed E-state index contributed by atoms with van der Waals surface area (Å²) in [6.07, 6.45) is 4.06. The van der Waals surface area contributed by atoms with Gasteiger partial charge < -0.3 is 5.32 Å². The van der Waals surface area contributed by atoms with Crippen molar-refractivity contribution in [1.82, 2.24) is 15.1 Å². The molecule has 0 amide bonds. The van der Waals surface area contributed by atoms with Gasteiger partial charge in [-0.3, -0.25) is 4.68 Å². The molecule has 0 aliphatic carbocycles. The number of nitrogens with one attached hydrogen (secondary N) is 1. The van der Waals surface area contributed by atoms with Gasteiger partial charge in [-0.25, -0.2) is 0 Å². The average Bonchev–Trinajstić information content (AvgIpc) is 2.94. The lowest BCUT2D eigenvalue weighted by molar-refractivity contribution is 0.577. The lowest BCUT2D eigenvalue weighted by Gasteiger charge is -2.10. The van der Waals surface area contributed by atoms with Crippen molar-refractivity contribution in [2.45, 2.75) is 46.8 Å². The monoisotopic (exact) mass is 263 g/mol. The van der Waals surface area contributed by atoms with Gasteiger partial charge in [0.15, 0.2) is 0 Å². The normalized spacial score (nSPS) is 12.9. The van der Waals surface area contributed by atoms with Gasteiger partial charge in [0, 0.05) is 40.6 Å². The summed E-state index contributed by atoms with van der Waals surface area (Å²) in [4.78, 5) is 2.82. The summed E-state index contributed by atoms with van der Waals surface area (Å²) in [5, 5.41) is 7.86. The maximum Gasteiger partial charge on any atom is 0.0537 e. The molecule has 0 fully saturated rings. The van der Waals surface area contributed by atoms with Crippen LogP contribution in [0.3, 0.4) is 0 Å². The predicted molar refractivity (Wildman–Crippen MR) is 76.9 cm³/mol. The Hall–Kier alpha value is -1.13. The van der Waals surface area contributed by atoms with E-state index in [1.165, 1.54) is 20.9 Å². The molecular formula is C14H21N3S. The third-order valence-electron chi connectivity index (χ3n) is 3.28. The fourth-order valence-electron chi connectivity index (χ4n) is 1.88. The van der Waals surface area contributed by atoms with Gasteiger partial charge in [0.25, 0.3) is 0 Å². The first-order chi connectivity index (χ1) is 8.60. The van der Waals surface area contributed by atoms with Gasteiger partial charge in [-0.1, -0.05) is 0 Å². The summed E-state index contributed by atoms with van der Waals surface area (Å²) in [6, 6.07) is 2.61. The van der Waals surface area contributed by atoms with Crippen molar-refractivity contribution in [2.24, 2.45) is 0 Å². The van der Waals surface area contributed by atoms with Crippen molar-refractivity contribution < 1.29 is 0 Å². The van der Waals surface area contributed by atoms with E-state index in [1.807, 2.05) is 22.2 Å². The molecule has 2 aromatic rings. The maximum absolute atomic E-state index is 4.31. The van der Waals surface area contributed by atoms with Crippen LogP contribution in [0.4, 0.5) is 0 Å². The van der Waals surface area contributed by atoms with Crippen molar-refractivity contribution in [3.05, 3.63) is 39.3 Å². The summed E-state index contributed by atoms with van der Waals surface area (Å²) in [5.41, 5.74) is 2.64. The first kappa shape index (κ1) is 13.3. The molecule has 1 atom stereocenters. The number of aryl methyl sites for hydroxylation is 3. The van der Waals surface area contributed by atoms with Crippen molar-refractivity contribution in [3.8, 4) is 0 Å². The zero-order chi connectivity index (χ0) is 13.1. The molecule has 1 unspecified atom stereocenters. The zero-order valence-electron chi connectivity index (χ0n) is 11.5. The van der Waals surface area contributed by atoms with Crippen LogP contribution in [-0.2, 0) is 13.1 Å². The van der Waals surface area contributed by atoms with Crippen LogP contribution in [0.5, 0.6) is 0 Å². The van der Waals surface area contributed by atoms with Gasteiger partial charge in [-0.2, -0.15) is 5.10 Å². The Balaban J connectivity index is 1.93. The summed E-state index contributed by atoms with van der Waals surface area (Å²) in [6.45, 7) is 10.5. The molecule has 2 heterocycles. The highest BCUT2D eigenvalue weighted by atomic mass is 32.1. The fraction of sp³-hybridized carbons (Fsp3) is 0.500. The van der Waals surface area contributed by atoms with Crippen LogP contribution in [0.2, 0.25) is 0 Å². The molecule has 0 spiro atoms. The Labute approximate surface area is 113 Å². The molecule has 2 rings (SSSR count). The summed E-state index contributed by atoms with van der Waals surface area (Å²) >= 11 is 1.88. The number of thiophene rings is 1. The Kier molecular flexibility index (Phi) is 4.19. The average molecular weight is 263 g/mol. The minimum absolute atomic E-state index is 0.341. The molecule has 0 bridgehead atoms. The van der Waals surface area contributed by atoms with E-state index in [2.05, 4.69) is 50.4 Å². The van der Waals surface area contributed by atoms with Crippen LogP contribution < -0.4 is 5.32 Å². The molecule has 1 N–H and O–H groups in total. The van der Waals surface area contributed by atoms with E-state index < -0.39 is 0 Å². The quantitative estimate of drug-likeness (QED) is 0.895. The summed E-state index contributed by atoms with van der Waals surface area (Å²) < 4.78 is 1.97. The summed E-state index contributed by atoms with van der Waals surface area (Å²) in [5.74, 6) is 0. The smallest absolute Gasteiger partial charge is 0.0537 e. The van der Waals surface area contributed by atoms with Crippen LogP contribution in [0.1, 0.15) is 40.8 Å². The van der Waals surface area contributed by atoms with Crippen molar-refractivity contribution in [3.63, 3.8) is 0 Å². The molecule has 0 aromatic carbocycles. The SMILES string of the molecule is CCn1cc(C(C)NCc2cc(C)c(C)s2)cn1. The molecule has 0 saturated heterocycles. The van der Waals surface area contributed by atoms with Gasteiger partial charge in [0.2, 0.25) is 0 Å². The molecular weight excluding hydrogens is 242 g/mol. The lowest BCUT2D eigenvalue weighted by Crippen LogP contribution is -2.17. The van der Waals surface area contributed by atoms with E-state index in [-0.39, 0.29) is 0 Å². The van der Waals surface area contributed by atoms with Gasteiger partial charge in [0.1, 0.15) is 0 Å². The van der Waals surface area contributed by atoms with Crippen LogP contribution >= 0.6 is 11.3 Å². The minimum Gasteiger partial charge on any atom is -0.305 e. The van der Waals surface area contributed by atoms with E-state index in [1.54, 1.807) is 0 Å². The third-order valence-corrected chi connectivity index (χ3v) is 4.43. The zero-order valence-corrected chi connectivity index (χ0v) is 12.3. The van der Waals surface area contributed by atoms with Crippen molar-refractivity contribution in [2.75, 3.05) is 0 Å². The Bertz CT molecular complexity index is 493. The number of hydrogen-bond donors (Lipinski definition) is 1. The molecule has 0 radical (unpaired) electrons. The van der Waals surface area contributed by atoms with Crippen LogP contribution in [0.25, 0.3) is 0 Å². The number of aromatic nitrogens is 2. The number of hydrogen-bond acceptors (Lipinski definition) is 3. The summed E-state index contributed by atoms with van der Waals surface area (Å²) in [7, 11) is 0. The maximum atomic E-state index is 4.31.